The highest BCUT2D eigenvalue weighted by atomic mass is 32.2. The van der Waals surface area contributed by atoms with Crippen LogP contribution in [-0.2, 0) is 9.84 Å². The van der Waals surface area contributed by atoms with Gasteiger partial charge in [-0.1, -0.05) is 18.2 Å². The number of nitriles is 1. The minimum Gasteiger partial charge on any atom is -0.456 e. The molecule has 5 aromatic rings. The molecule has 0 N–H and O–H groups in total. The minimum absolute atomic E-state index is 0.192. The average Bonchev–Trinajstić information content (AvgIpc) is 3.22. The molecule has 3 aromatic carbocycles. The van der Waals surface area contributed by atoms with Crippen molar-refractivity contribution in [3.63, 3.8) is 0 Å². The van der Waals surface area contributed by atoms with Gasteiger partial charge in [-0.05, 0) is 60.7 Å². The van der Waals surface area contributed by atoms with Gasteiger partial charge in [0.05, 0.1) is 16.0 Å². The van der Waals surface area contributed by atoms with E-state index < -0.39 is 9.84 Å². The quantitative estimate of drug-likeness (QED) is 0.335. The molecule has 0 aliphatic heterocycles. The Morgan fingerprint density at radius 3 is 2.37 bits per heavy atom. The number of para-hydroxylation sites is 1. The van der Waals surface area contributed by atoms with Crippen molar-refractivity contribution < 1.29 is 18.0 Å². The first-order valence-electron chi connectivity index (χ1n) is 10.5. The van der Waals surface area contributed by atoms with E-state index in [2.05, 4.69) is 16.0 Å². The van der Waals surface area contributed by atoms with Crippen LogP contribution in [0.25, 0.3) is 22.6 Å². The lowest BCUT2D eigenvalue weighted by atomic mass is 10.2. The fourth-order valence-electron chi connectivity index (χ4n) is 3.47. The topological polar surface area (TPSA) is 107 Å². The van der Waals surface area contributed by atoms with E-state index in [-0.39, 0.29) is 4.90 Å². The van der Waals surface area contributed by atoms with Crippen LogP contribution in [-0.4, -0.2) is 29.4 Å². The molecule has 0 atom stereocenters. The molecule has 8 nitrogen and oxygen atoms in total. The van der Waals surface area contributed by atoms with E-state index in [1.54, 1.807) is 66.9 Å². The number of fused-ring (bicyclic) bond motifs is 1. The molecule has 9 heteroatoms. The Morgan fingerprint density at radius 2 is 1.66 bits per heavy atom. The molecule has 2 heterocycles. The van der Waals surface area contributed by atoms with Crippen molar-refractivity contribution in [1.29, 1.82) is 5.26 Å². The summed E-state index contributed by atoms with van der Waals surface area (Å²) in [5, 5.41) is 9.37. The zero-order valence-electron chi connectivity index (χ0n) is 18.5. The summed E-state index contributed by atoms with van der Waals surface area (Å²) in [4.78, 5) is 15.4. The highest BCUT2D eigenvalue weighted by molar-refractivity contribution is 7.90. The highest BCUT2D eigenvalue weighted by Gasteiger charge is 2.17. The molecule has 0 aliphatic carbocycles. The van der Waals surface area contributed by atoms with Crippen LogP contribution in [0, 0.1) is 11.3 Å². The first-order valence-corrected chi connectivity index (χ1v) is 12.4. The van der Waals surface area contributed by atoms with Crippen LogP contribution in [0.2, 0.25) is 0 Å². The molecule has 0 aliphatic rings. The monoisotopic (exact) mass is 482 g/mol. The maximum atomic E-state index is 11.8. The molecule has 172 valence electrons. The van der Waals surface area contributed by atoms with Gasteiger partial charge in [0.15, 0.2) is 21.4 Å². The van der Waals surface area contributed by atoms with E-state index in [4.69, 9.17) is 9.57 Å². The molecule has 0 amide bonds. The maximum absolute atomic E-state index is 11.8. The third kappa shape index (κ3) is 4.55. The average molecular weight is 483 g/mol. The summed E-state index contributed by atoms with van der Waals surface area (Å²) in [7, 11) is -3.33. The largest absolute Gasteiger partial charge is 0.456 e. The third-order valence-corrected chi connectivity index (χ3v) is 6.29. The summed E-state index contributed by atoms with van der Waals surface area (Å²) in [6.45, 7) is 0. The van der Waals surface area contributed by atoms with Gasteiger partial charge in [-0.2, -0.15) is 9.99 Å². The summed E-state index contributed by atoms with van der Waals surface area (Å²) in [6, 6.07) is 26.0. The van der Waals surface area contributed by atoms with E-state index >= 15 is 0 Å². The number of aromatic nitrogens is 3. The normalized spacial score (nSPS) is 11.2. The summed E-state index contributed by atoms with van der Waals surface area (Å²) >= 11 is 0. The molecule has 0 bridgehead atoms. The standard InChI is InChI=1S/C26H18N4O4S/c1-35(31,32)21-12-9-19(10-13-21)34-30-24-16-20(33-25-8-3-2-6-18(25)17-27)11-14-22(24)29-26(30)23-7-4-5-15-28-23/h2-16H,1H3. The molecule has 0 fully saturated rings. The lowest BCUT2D eigenvalue weighted by Crippen LogP contribution is -2.08. The van der Waals surface area contributed by atoms with Gasteiger partial charge in [0.1, 0.15) is 28.8 Å². The van der Waals surface area contributed by atoms with Crippen LogP contribution < -0.4 is 9.57 Å². The van der Waals surface area contributed by atoms with Crippen LogP contribution in [0.15, 0.2) is 96.0 Å². The Morgan fingerprint density at radius 1 is 0.914 bits per heavy atom. The van der Waals surface area contributed by atoms with E-state index in [1.807, 2.05) is 12.1 Å². The van der Waals surface area contributed by atoms with Crippen molar-refractivity contribution in [2.24, 2.45) is 0 Å². The van der Waals surface area contributed by atoms with E-state index in [9.17, 15) is 13.7 Å². The smallest absolute Gasteiger partial charge is 0.196 e. The number of ether oxygens (including phenoxy) is 1. The summed E-state index contributed by atoms with van der Waals surface area (Å²) in [6.07, 6.45) is 2.81. The Labute approximate surface area is 201 Å². The van der Waals surface area contributed by atoms with Gasteiger partial charge >= 0.3 is 0 Å². The molecule has 0 spiro atoms. The Balaban J connectivity index is 1.60. The molecule has 5 rings (SSSR count). The third-order valence-electron chi connectivity index (χ3n) is 5.16. The molecular formula is C26H18N4O4S. The van der Waals surface area contributed by atoms with Crippen LogP contribution in [0.3, 0.4) is 0 Å². The molecule has 0 unspecified atom stereocenters. The van der Waals surface area contributed by atoms with E-state index in [1.165, 1.54) is 16.9 Å². The van der Waals surface area contributed by atoms with Gasteiger partial charge < -0.3 is 9.57 Å². The zero-order valence-corrected chi connectivity index (χ0v) is 19.3. The first-order chi connectivity index (χ1) is 16.9. The van der Waals surface area contributed by atoms with Crippen molar-refractivity contribution in [3.05, 3.63) is 96.7 Å². The second-order valence-corrected chi connectivity index (χ2v) is 9.66. The maximum Gasteiger partial charge on any atom is 0.196 e. The number of hydrogen-bond acceptors (Lipinski definition) is 7. The predicted molar refractivity (Wildman–Crippen MR) is 130 cm³/mol. The van der Waals surface area contributed by atoms with Crippen molar-refractivity contribution in [1.82, 2.24) is 14.7 Å². The molecule has 0 saturated carbocycles. The van der Waals surface area contributed by atoms with Gasteiger partial charge in [0, 0.05) is 18.5 Å². The Hall–Kier alpha value is -4.68. The number of sulfone groups is 1. The molecule has 35 heavy (non-hydrogen) atoms. The SMILES string of the molecule is CS(=O)(=O)c1ccc(On2c(-c3ccccn3)nc3ccc(Oc4ccccc4C#N)cc32)cc1. The molecular weight excluding hydrogens is 464 g/mol. The second-order valence-electron chi connectivity index (χ2n) is 7.64. The zero-order chi connectivity index (χ0) is 24.4. The highest BCUT2D eigenvalue weighted by Crippen LogP contribution is 2.31. The number of rotatable bonds is 6. The van der Waals surface area contributed by atoms with E-state index in [0.29, 0.717) is 45.4 Å². The van der Waals surface area contributed by atoms with Crippen LogP contribution >= 0.6 is 0 Å². The van der Waals surface area contributed by atoms with Crippen molar-refractivity contribution >= 4 is 20.9 Å². The molecule has 2 aromatic heterocycles. The van der Waals surface area contributed by atoms with E-state index in [0.717, 1.165) is 6.26 Å². The lowest BCUT2D eigenvalue weighted by Gasteiger charge is -2.12. The fourth-order valence-corrected chi connectivity index (χ4v) is 4.10. The van der Waals surface area contributed by atoms with Crippen molar-refractivity contribution in [2.75, 3.05) is 6.26 Å². The number of hydrogen-bond donors (Lipinski definition) is 0. The van der Waals surface area contributed by atoms with Crippen molar-refractivity contribution in [2.45, 2.75) is 4.90 Å². The Kier molecular flexibility index (Phi) is 5.65. The van der Waals surface area contributed by atoms with Crippen molar-refractivity contribution in [3.8, 4) is 34.8 Å². The minimum atomic E-state index is -3.33. The van der Waals surface area contributed by atoms with Gasteiger partial charge in [-0.3, -0.25) is 4.98 Å². The molecule has 0 radical (unpaired) electrons. The first kappa shape index (κ1) is 22.1. The number of benzene rings is 3. The van der Waals surface area contributed by atoms with Gasteiger partial charge in [0.25, 0.3) is 0 Å². The summed E-state index contributed by atoms with van der Waals surface area (Å²) < 4.78 is 31.1. The second kappa shape index (κ2) is 8.93. The van der Waals surface area contributed by atoms with Crippen LogP contribution in [0.5, 0.6) is 17.2 Å². The van der Waals surface area contributed by atoms with Gasteiger partial charge in [0.2, 0.25) is 0 Å². The number of imidazole rings is 1. The fraction of sp³-hybridized carbons (Fsp3) is 0.0385. The molecule has 0 saturated heterocycles. The number of pyridine rings is 1. The Bertz CT molecular complexity index is 1670. The van der Waals surface area contributed by atoms with Gasteiger partial charge in [-0.25, -0.2) is 13.4 Å². The number of nitrogens with zero attached hydrogens (tertiary/aromatic N) is 4. The predicted octanol–water partition coefficient (Wildman–Crippen LogP) is 5.01. The van der Waals surface area contributed by atoms with Gasteiger partial charge in [-0.15, -0.1) is 0 Å². The summed E-state index contributed by atoms with van der Waals surface area (Å²) in [5.41, 5.74) is 2.25. The van der Waals surface area contributed by atoms with Crippen LogP contribution in [0.4, 0.5) is 0 Å². The lowest BCUT2D eigenvalue weighted by molar-refractivity contribution is 0.231. The van der Waals surface area contributed by atoms with Crippen LogP contribution in [0.1, 0.15) is 5.56 Å². The summed E-state index contributed by atoms with van der Waals surface area (Å²) in [5.74, 6) is 1.80.